The standard InChI is InChI=1S/C15H18N4O/c1-11-16-15(19-9-3-4-10-19)14(18-17-11)12-5-7-13(20-2)8-6-12/h5-8H,3-4,9-10H2,1-2H3. The molecule has 0 aliphatic carbocycles. The molecule has 5 nitrogen and oxygen atoms in total. The van der Waals surface area contributed by atoms with E-state index in [2.05, 4.69) is 20.1 Å². The first-order valence-electron chi connectivity index (χ1n) is 6.88. The van der Waals surface area contributed by atoms with Crippen molar-refractivity contribution < 1.29 is 4.74 Å². The van der Waals surface area contributed by atoms with Crippen molar-refractivity contribution in [1.29, 1.82) is 0 Å². The second-order valence-corrected chi connectivity index (χ2v) is 4.95. The molecule has 0 unspecified atom stereocenters. The summed E-state index contributed by atoms with van der Waals surface area (Å²) < 4.78 is 5.19. The summed E-state index contributed by atoms with van der Waals surface area (Å²) in [5.74, 6) is 2.49. The number of hydrogen-bond donors (Lipinski definition) is 0. The van der Waals surface area contributed by atoms with Crippen LogP contribution in [0.25, 0.3) is 11.3 Å². The fourth-order valence-corrected chi connectivity index (χ4v) is 2.48. The van der Waals surface area contributed by atoms with Gasteiger partial charge < -0.3 is 9.64 Å². The highest BCUT2D eigenvalue weighted by atomic mass is 16.5. The Labute approximate surface area is 118 Å². The van der Waals surface area contributed by atoms with Crippen molar-refractivity contribution in [3.05, 3.63) is 30.1 Å². The van der Waals surface area contributed by atoms with Gasteiger partial charge in [-0.1, -0.05) is 0 Å². The van der Waals surface area contributed by atoms with Crippen LogP contribution in [0.5, 0.6) is 5.75 Å². The smallest absolute Gasteiger partial charge is 0.159 e. The molecule has 2 aromatic rings. The molecule has 1 saturated heterocycles. The molecule has 0 bridgehead atoms. The molecule has 0 amide bonds. The van der Waals surface area contributed by atoms with Gasteiger partial charge in [-0.05, 0) is 44.0 Å². The minimum atomic E-state index is 0.712. The summed E-state index contributed by atoms with van der Waals surface area (Å²) in [6.45, 7) is 3.97. The maximum atomic E-state index is 5.19. The minimum absolute atomic E-state index is 0.712. The molecule has 1 aromatic heterocycles. The van der Waals surface area contributed by atoms with Crippen molar-refractivity contribution in [1.82, 2.24) is 15.2 Å². The van der Waals surface area contributed by atoms with Gasteiger partial charge in [0.05, 0.1) is 7.11 Å². The van der Waals surface area contributed by atoms with E-state index < -0.39 is 0 Å². The summed E-state index contributed by atoms with van der Waals surface area (Å²) in [6, 6.07) is 7.87. The van der Waals surface area contributed by atoms with Gasteiger partial charge in [0.1, 0.15) is 17.3 Å². The molecule has 0 atom stereocenters. The van der Waals surface area contributed by atoms with Crippen LogP contribution in [0.1, 0.15) is 18.7 Å². The maximum absolute atomic E-state index is 5.19. The van der Waals surface area contributed by atoms with Crippen LogP contribution in [0.15, 0.2) is 24.3 Å². The van der Waals surface area contributed by atoms with Gasteiger partial charge in [-0.15, -0.1) is 10.2 Å². The molecule has 1 aliphatic heterocycles. The number of hydrogen-bond acceptors (Lipinski definition) is 5. The first-order valence-corrected chi connectivity index (χ1v) is 6.88. The van der Waals surface area contributed by atoms with Crippen LogP contribution in [0.2, 0.25) is 0 Å². The van der Waals surface area contributed by atoms with Gasteiger partial charge in [0.25, 0.3) is 0 Å². The molecule has 3 rings (SSSR count). The van der Waals surface area contributed by atoms with Gasteiger partial charge in [0.2, 0.25) is 0 Å². The Morgan fingerprint density at radius 3 is 2.40 bits per heavy atom. The first kappa shape index (κ1) is 12.8. The van der Waals surface area contributed by atoms with E-state index in [-0.39, 0.29) is 0 Å². The molecule has 5 heteroatoms. The molecule has 104 valence electrons. The number of benzene rings is 1. The van der Waals surface area contributed by atoms with Crippen molar-refractivity contribution in [3.63, 3.8) is 0 Å². The second kappa shape index (κ2) is 5.45. The zero-order valence-corrected chi connectivity index (χ0v) is 11.8. The molecule has 0 N–H and O–H groups in total. The lowest BCUT2D eigenvalue weighted by Gasteiger charge is -2.19. The highest BCUT2D eigenvalue weighted by Gasteiger charge is 2.20. The SMILES string of the molecule is COc1ccc(-c2nnc(C)nc2N2CCCC2)cc1. The van der Waals surface area contributed by atoms with Gasteiger partial charge in [-0.25, -0.2) is 4.98 Å². The monoisotopic (exact) mass is 270 g/mol. The number of anilines is 1. The third kappa shape index (κ3) is 2.43. The third-order valence-corrected chi connectivity index (χ3v) is 3.54. The molecule has 20 heavy (non-hydrogen) atoms. The highest BCUT2D eigenvalue weighted by Crippen LogP contribution is 2.29. The molecule has 0 saturated carbocycles. The summed E-state index contributed by atoms with van der Waals surface area (Å²) in [4.78, 5) is 6.89. The molecular weight excluding hydrogens is 252 g/mol. The van der Waals surface area contributed by atoms with E-state index in [4.69, 9.17) is 4.74 Å². The van der Waals surface area contributed by atoms with Gasteiger partial charge >= 0.3 is 0 Å². The predicted molar refractivity (Wildman–Crippen MR) is 78.0 cm³/mol. The predicted octanol–water partition coefficient (Wildman–Crippen LogP) is 2.46. The lowest BCUT2D eigenvalue weighted by Crippen LogP contribution is -2.21. The second-order valence-electron chi connectivity index (χ2n) is 4.95. The summed E-state index contributed by atoms with van der Waals surface area (Å²) in [6.07, 6.45) is 2.43. The van der Waals surface area contributed by atoms with Crippen molar-refractivity contribution >= 4 is 5.82 Å². The molecule has 0 spiro atoms. The van der Waals surface area contributed by atoms with Crippen LogP contribution < -0.4 is 9.64 Å². The quantitative estimate of drug-likeness (QED) is 0.857. The zero-order chi connectivity index (χ0) is 13.9. The van der Waals surface area contributed by atoms with Gasteiger partial charge in [-0.3, -0.25) is 0 Å². The molecule has 0 radical (unpaired) electrons. The summed E-state index contributed by atoms with van der Waals surface area (Å²) >= 11 is 0. The van der Waals surface area contributed by atoms with Crippen LogP contribution in [0, 0.1) is 6.92 Å². The number of nitrogens with zero attached hydrogens (tertiary/aromatic N) is 4. The highest BCUT2D eigenvalue weighted by molar-refractivity contribution is 5.72. The van der Waals surface area contributed by atoms with Crippen LogP contribution in [0.4, 0.5) is 5.82 Å². The summed E-state index contributed by atoms with van der Waals surface area (Å²) in [5.41, 5.74) is 1.87. The summed E-state index contributed by atoms with van der Waals surface area (Å²) in [5, 5.41) is 8.46. The fourth-order valence-electron chi connectivity index (χ4n) is 2.48. The lowest BCUT2D eigenvalue weighted by atomic mass is 10.1. The molecule has 1 fully saturated rings. The Kier molecular flexibility index (Phi) is 3.50. The van der Waals surface area contributed by atoms with E-state index in [0.717, 1.165) is 35.9 Å². The molecule has 1 aliphatic rings. The van der Waals surface area contributed by atoms with Crippen molar-refractivity contribution in [2.75, 3.05) is 25.1 Å². The van der Waals surface area contributed by atoms with Crippen LogP contribution in [-0.4, -0.2) is 35.4 Å². The third-order valence-electron chi connectivity index (χ3n) is 3.54. The van der Waals surface area contributed by atoms with E-state index in [1.165, 1.54) is 12.8 Å². The van der Waals surface area contributed by atoms with Crippen LogP contribution in [-0.2, 0) is 0 Å². The van der Waals surface area contributed by atoms with Gasteiger partial charge in [-0.2, -0.15) is 0 Å². The van der Waals surface area contributed by atoms with Crippen LogP contribution in [0.3, 0.4) is 0 Å². The number of ether oxygens (including phenoxy) is 1. The number of rotatable bonds is 3. The van der Waals surface area contributed by atoms with Gasteiger partial charge in [0, 0.05) is 18.7 Å². The lowest BCUT2D eigenvalue weighted by molar-refractivity contribution is 0.415. The Bertz CT molecular complexity index is 591. The average molecular weight is 270 g/mol. The maximum Gasteiger partial charge on any atom is 0.159 e. The number of methoxy groups -OCH3 is 1. The van der Waals surface area contributed by atoms with E-state index in [9.17, 15) is 0 Å². The van der Waals surface area contributed by atoms with E-state index in [1.807, 2.05) is 31.2 Å². The Hall–Kier alpha value is -2.17. The summed E-state index contributed by atoms with van der Waals surface area (Å²) in [7, 11) is 1.66. The van der Waals surface area contributed by atoms with Crippen LogP contribution >= 0.6 is 0 Å². The number of aromatic nitrogens is 3. The Morgan fingerprint density at radius 2 is 1.75 bits per heavy atom. The van der Waals surface area contributed by atoms with E-state index in [1.54, 1.807) is 7.11 Å². The van der Waals surface area contributed by atoms with Gasteiger partial charge in [0.15, 0.2) is 5.82 Å². The molecule has 1 aromatic carbocycles. The normalized spacial score (nSPS) is 14.6. The Morgan fingerprint density at radius 1 is 1.05 bits per heavy atom. The Balaban J connectivity index is 2.02. The van der Waals surface area contributed by atoms with E-state index in [0.29, 0.717) is 5.82 Å². The molecular formula is C15H18N4O. The topological polar surface area (TPSA) is 51.1 Å². The zero-order valence-electron chi connectivity index (χ0n) is 11.8. The van der Waals surface area contributed by atoms with Crippen molar-refractivity contribution in [2.24, 2.45) is 0 Å². The molecule has 2 heterocycles. The van der Waals surface area contributed by atoms with Crippen molar-refractivity contribution in [3.8, 4) is 17.0 Å². The van der Waals surface area contributed by atoms with Crippen molar-refractivity contribution in [2.45, 2.75) is 19.8 Å². The largest absolute Gasteiger partial charge is 0.497 e. The van der Waals surface area contributed by atoms with E-state index >= 15 is 0 Å². The fraction of sp³-hybridized carbons (Fsp3) is 0.400. The average Bonchev–Trinajstić information content (AvgIpc) is 3.01. The first-order chi connectivity index (χ1) is 9.78. The minimum Gasteiger partial charge on any atom is -0.497 e. The number of aryl methyl sites for hydroxylation is 1.